The Labute approximate surface area is 125 Å². The summed E-state index contributed by atoms with van der Waals surface area (Å²) in [5.74, 6) is 5.40. The predicted octanol–water partition coefficient (Wildman–Crippen LogP) is 2.97. The highest BCUT2D eigenvalue weighted by Gasteiger charge is 2.27. The van der Waals surface area contributed by atoms with E-state index in [1.807, 2.05) is 13.8 Å². The van der Waals surface area contributed by atoms with Crippen molar-refractivity contribution in [1.29, 1.82) is 0 Å². The van der Waals surface area contributed by atoms with Crippen LogP contribution in [0.15, 0.2) is 12.3 Å². The van der Waals surface area contributed by atoms with Gasteiger partial charge in [0.1, 0.15) is 0 Å². The van der Waals surface area contributed by atoms with Gasteiger partial charge in [-0.3, -0.25) is 4.79 Å². The minimum atomic E-state index is -0.313. The topological polar surface area (TPSA) is 80.0 Å². The Morgan fingerprint density at radius 3 is 2.40 bits per heavy atom. The number of nitrogens with zero attached hydrogens (tertiary/aromatic N) is 1. The molecule has 0 aliphatic rings. The van der Waals surface area contributed by atoms with Crippen molar-refractivity contribution in [3.63, 3.8) is 0 Å². The molecule has 0 radical (unpaired) electrons. The number of halogens is 1. The highest BCUT2D eigenvalue weighted by atomic mass is 35.5. The molecular weight excluding hydrogens is 276 g/mol. The van der Waals surface area contributed by atoms with Gasteiger partial charge in [0.2, 0.25) is 0 Å². The minimum Gasteiger partial charge on any atom is -0.347 e. The van der Waals surface area contributed by atoms with Crippen molar-refractivity contribution in [3.8, 4) is 0 Å². The molecule has 0 aromatic carbocycles. The normalized spacial score (nSPS) is 12.2. The summed E-state index contributed by atoms with van der Waals surface area (Å²) in [6.45, 7) is 10.4. The maximum Gasteiger partial charge on any atom is 0.253 e. The fraction of sp³-hybridized carbons (Fsp3) is 0.571. The summed E-state index contributed by atoms with van der Waals surface area (Å²) in [7, 11) is 0. The largest absolute Gasteiger partial charge is 0.347 e. The molecule has 1 aromatic rings. The quantitative estimate of drug-likeness (QED) is 0.590. The molecule has 0 saturated heterocycles. The predicted molar refractivity (Wildman–Crippen MR) is 82.7 cm³/mol. The van der Waals surface area contributed by atoms with E-state index in [2.05, 4.69) is 36.5 Å². The number of aromatic nitrogens is 1. The molecule has 1 heterocycles. The zero-order valence-corrected chi connectivity index (χ0v) is 13.4. The molecule has 0 aliphatic carbocycles. The van der Waals surface area contributed by atoms with Gasteiger partial charge in [-0.05, 0) is 31.7 Å². The molecule has 112 valence electrons. The van der Waals surface area contributed by atoms with Crippen LogP contribution in [0.4, 0.5) is 5.82 Å². The van der Waals surface area contributed by atoms with E-state index in [-0.39, 0.29) is 16.9 Å². The molecule has 4 N–H and O–H groups in total. The van der Waals surface area contributed by atoms with E-state index in [1.165, 1.54) is 6.20 Å². The Bertz CT molecular complexity index is 494. The van der Waals surface area contributed by atoms with E-state index in [0.29, 0.717) is 16.4 Å². The monoisotopic (exact) mass is 298 g/mol. The van der Waals surface area contributed by atoms with Gasteiger partial charge in [0, 0.05) is 11.7 Å². The first-order chi connectivity index (χ1) is 9.04. The average molecular weight is 299 g/mol. The van der Waals surface area contributed by atoms with Gasteiger partial charge in [0.15, 0.2) is 5.82 Å². The van der Waals surface area contributed by atoms with Gasteiger partial charge >= 0.3 is 0 Å². The van der Waals surface area contributed by atoms with Crippen molar-refractivity contribution in [3.05, 3.63) is 22.8 Å². The standard InChI is InChI=1S/C14H23ClN4O/c1-13(2,3)8-14(4,5)18-12(20)9-6-10(15)11(19-16)17-7-9/h6-7H,8,16H2,1-5H3,(H,17,19)(H,18,20). The molecule has 6 heteroatoms. The molecule has 1 amide bonds. The fourth-order valence-corrected chi connectivity index (χ4v) is 2.64. The van der Waals surface area contributed by atoms with Gasteiger partial charge in [-0.2, -0.15) is 0 Å². The lowest BCUT2D eigenvalue weighted by Crippen LogP contribution is -2.45. The van der Waals surface area contributed by atoms with Crippen LogP contribution in [0.5, 0.6) is 0 Å². The van der Waals surface area contributed by atoms with Crippen LogP contribution in [0.1, 0.15) is 51.4 Å². The third kappa shape index (κ3) is 4.98. The number of anilines is 1. The summed E-state index contributed by atoms with van der Waals surface area (Å²) < 4.78 is 0. The summed E-state index contributed by atoms with van der Waals surface area (Å²) >= 11 is 5.97. The third-order valence-corrected chi connectivity index (χ3v) is 2.95. The van der Waals surface area contributed by atoms with E-state index in [0.717, 1.165) is 6.42 Å². The van der Waals surface area contributed by atoms with Crippen LogP contribution in [0.2, 0.25) is 5.02 Å². The van der Waals surface area contributed by atoms with Gasteiger partial charge in [0.25, 0.3) is 5.91 Å². The Morgan fingerprint density at radius 1 is 1.35 bits per heavy atom. The Morgan fingerprint density at radius 2 is 1.95 bits per heavy atom. The van der Waals surface area contributed by atoms with Crippen LogP contribution < -0.4 is 16.6 Å². The highest BCUT2D eigenvalue weighted by molar-refractivity contribution is 6.33. The Balaban J connectivity index is 2.83. The lowest BCUT2D eigenvalue weighted by Gasteiger charge is -2.33. The third-order valence-electron chi connectivity index (χ3n) is 2.66. The molecule has 20 heavy (non-hydrogen) atoms. The van der Waals surface area contributed by atoms with E-state index in [4.69, 9.17) is 17.4 Å². The first-order valence-corrected chi connectivity index (χ1v) is 6.86. The minimum absolute atomic E-state index is 0.125. The van der Waals surface area contributed by atoms with Gasteiger partial charge in [0.05, 0.1) is 10.6 Å². The zero-order chi connectivity index (χ0) is 15.6. The molecule has 0 saturated carbocycles. The molecule has 5 nitrogen and oxygen atoms in total. The average Bonchev–Trinajstić information content (AvgIpc) is 2.24. The Hall–Kier alpha value is -1.33. The van der Waals surface area contributed by atoms with Crippen molar-refractivity contribution in [1.82, 2.24) is 10.3 Å². The van der Waals surface area contributed by atoms with Crippen molar-refractivity contribution < 1.29 is 4.79 Å². The SMILES string of the molecule is CC(C)(C)CC(C)(C)NC(=O)c1cnc(NN)c(Cl)c1. The van der Waals surface area contributed by atoms with E-state index >= 15 is 0 Å². The fourth-order valence-electron chi connectivity index (χ4n) is 2.42. The van der Waals surface area contributed by atoms with Gasteiger partial charge in [-0.25, -0.2) is 10.8 Å². The molecule has 1 aromatic heterocycles. The van der Waals surface area contributed by atoms with Gasteiger partial charge in [-0.1, -0.05) is 32.4 Å². The first-order valence-electron chi connectivity index (χ1n) is 6.49. The maximum atomic E-state index is 12.2. The highest BCUT2D eigenvalue weighted by Crippen LogP contribution is 2.27. The number of amides is 1. The number of pyridine rings is 1. The number of carbonyl (C=O) groups is 1. The molecule has 1 rings (SSSR count). The molecule has 0 bridgehead atoms. The second-order valence-corrected chi connectivity index (χ2v) is 7.18. The maximum absolute atomic E-state index is 12.2. The summed E-state index contributed by atoms with van der Waals surface area (Å²) in [5, 5.41) is 3.32. The van der Waals surface area contributed by atoms with E-state index in [1.54, 1.807) is 6.07 Å². The van der Waals surface area contributed by atoms with Crippen LogP contribution in [0, 0.1) is 5.41 Å². The number of rotatable bonds is 4. The van der Waals surface area contributed by atoms with Crippen molar-refractivity contribution in [2.24, 2.45) is 11.3 Å². The second-order valence-electron chi connectivity index (χ2n) is 6.77. The summed E-state index contributed by atoms with van der Waals surface area (Å²) in [4.78, 5) is 16.2. The molecule has 0 aliphatic heterocycles. The second kappa shape index (κ2) is 5.97. The smallest absolute Gasteiger partial charge is 0.253 e. The van der Waals surface area contributed by atoms with Crippen LogP contribution in [-0.2, 0) is 0 Å². The van der Waals surface area contributed by atoms with Gasteiger partial charge < -0.3 is 10.7 Å². The lowest BCUT2D eigenvalue weighted by atomic mass is 9.81. The number of carbonyl (C=O) groups excluding carboxylic acids is 1. The zero-order valence-electron chi connectivity index (χ0n) is 12.7. The number of nitrogens with one attached hydrogen (secondary N) is 2. The summed E-state index contributed by atoms with van der Waals surface area (Å²) in [5.41, 5.74) is 2.59. The molecular formula is C14H23ClN4O. The number of hydrazine groups is 1. The van der Waals surface area contributed by atoms with E-state index in [9.17, 15) is 4.79 Å². The number of nitrogen functional groups attached to an aromatic ring is 1. The summed E-state index contributed by atoms with van der Waals surface area (Å²) in [6, 6.07) is 1.55. The number of hydrogen-bond acceptors (Lipinski definition) is 4. The molecule has 0 fully saturated rings. The van der Waals surface area contributed by atoms with Crippen LogP contribution in [0.3, 0.4) is 0 Å². The van der Waals surface area contributed by atoms with Crippen LogP contribution >= 0.6 is 11.6 Å². The first kappa shape index (κ1) is 16.7. The van der Waals surface area contributed by atoms with Crippen molar-refractivity contribution in [2.45, 2.75) is 46.6 Å². The summed E-state index contributed by atoms with van der Waals surface area (Å²) in [6.07, 6.45) is 2.30. The molecule has 0 atom stereocenters. The van der Waals surface area contributed by atoms with Gasteiger partial charge in [-0.15, -0.1) is 0 Å². The van der Waals surface area contributed by atoms with Crippen LogP contribution in [-0.4, -0.2) is 16.4 Å². The van der Waals surface area contributed by atoms with Crippen LogP contribution in [0.25, 0.3) is 0 Å². The molecule has 0 unspecified atom stereocenters. The lowest BCUT2D eigenvalue weighted by molar-refractivity contribution is 0.0891. The van der Waals surface area contributed by atoms with Crippen molar-refractivity contribution >= 4 is 23.3 Å². The number of hydrogen-bond donors (Lipinski definition) is 3. The Kier molecular flexibility index (Phi) is 5.00. The molecule has 0 spiro atoms. The number of nitrogens with two attached hydrogens (primary N) is 1. The van der Waals surface area contributed by atoms with Crippen molar-refractivity contribution in [2.75, 3.05) is 5.43 Å². The van der Waals surface area contributed by atoms with E-state index < -0.39 is 0 Å².